The van der Waals surface area contributed by atoms with Crippen molar-refractivity contribution in [2.24, 2.45) is 5.73 Å². The van der Waals surface area contributed by atoms with Gasteiger partial charge in [0.15, 0.2) is 0 Å². The summed E-state index contributed by atoms with van der Waals surface area (Å²) < 4.78 is 5.12. The fourth-order valence-electron chi connectivity index (χ4n) is 1.22. The molecule has 0 spiro atoms. The summed E-state index contributed by atoms with van der Waals surface area (Å²) in [6, 6.07) is 4.71. The van der Waals surface area contributed by atoms with Gasteiger partial charge in [-0.15, -0.1) is 0 Å². The van der Waals surface area contributed by atoms with Crippen molar-refractivity contribution in [1.82, 2.24) is 0 Å². The van der Waals surface area contributed by atoms with Crippen molar-refractivity contribution >= 4 is 11.6 Å². The minimum atomic E-state index is -0.620. The molecule has 0 aliphatic rings. The van der Waals surface area contributed by atoms with Crippen LogP contribution in [0.1, 0.15) is 18.5 Å². The molecule has 0 heterocycles. The third kappa shape index (κ3) is 2.38. The summed E-state index contributed by atoms with van der Waals surface area (Å²) in [6.45, 7) is 1.64. The van der Waals surface area contributed by atoms with Crippen LogP contribution in [0.25, 0.3) is 0 Å². The molecule has 0 unspecified atom stereocenters. The predicted octanol–water partition coefficient (Wildman–Crippen LogP) is 1.73. The summed E-state index contributed by atoms with van der Waals surface area (Å²) in [5, 5.41) is 9.94. The second-order valence-corrected chi connectivity index (χ2v) is 3.59. The normalized spacial score (nSPS) is 14.9. The molecular weight excluding hydrogens is 202 g/mol. The molecule has 1 rings (SSSR count). The van der Waals surface area contributed by atoms with Crippen LogP contribution in [0.5, 0.6) is 5.75 Å². The zero-order valence-corrected chi connectivity index (χ0v) is 8.95. The van der Waals surface area contributed by atoms with Gasteiger partial charge in [-0.05, 0) is 19.1 Å². The van der Waals surface area contributed by atoms with E-state index in [2.05, 4.69) is 0 Å². The van der Waals surface area contributed by atoms with Crippen LogP contribution in [0, 0.1) is 0 Å². The maximum atomic E-state index is 9.35. The molecule has 14 heavy (non-hydrogen) atoms. The van der Waals surface area contributed by atoms with Gasteiger partial charge in [0.2, 0.25) is 0 Å². The molecule has 0 amide bonds. The molecule has 3 N–H and O–H groups in total. The van der Waals surface area contributed by atoms with E-state index in [0.29, 0.717) is 10.8 Å². The second-order valence-electron chi connectivity index (χ2n) is 3.15. The van der Waals surface area contributed by atoms with Crippen molar-refractivity contribution in [2.45, 2.75) is 19.1 Å². The minimum absolute atomic E-state index is 0.456. The zero-order valence-electron chi connectivity index (χ0n) is 8.20. The largest absolute Gasteiger partial charge is 0.496 e. The summed E-state index contributed by atoms with van der Waals surface area (Å²) in [5.41, 5.74) is 6.55. The summed E-state index contributed by atoms with van der Waals surface area (Å²) in [4.78, 5) is 0. The van der Waals surface area contributed by atoms with E-state index >= 15 is 0 Å². The average Bonchev–Trinajstić information content (AvgIpc) is 2.16. The molecule has 0 aromatic heterocycles. The third-order valence-corrected chi connectivity index (χ3v) is 2.31. The Bertz CT molecular complexity index is 315. The van der Waals surface area contributed by atoms with E-state index in [9.17, 15) is 5.11 Å². The van der Waals surface area contributed by atoms with Crippen LogP contribution in [-0.4, -0.2) is 18.3 Å². The van der Waals surface area contributed by atoms with E-state index in [4.69, 9.17) is 22.1 Å². The number of methoxy groups -OCH3 is 1. The van der Waals surface area contributed by atoms with Gasteiger partial charge >= 0.3 is 0 Å². The lowest BCUT2D eigenvalue weighted by Gasteiger charge is -2.18. The Labute approximate surface area is 88.4 Å². The summed E-state index contributed by atoms with van der Waals surface area (Å²) in [6.07, 6.45) is -0.620. The molecule has 0 aliphatic heterocycles. The van der Waals surface area contributed by atoms with Gasteiger partial charge in [-0.3, -0.25) is 0 Å². The topological polar surface area (TPSA) is 55.5 Å². The number of benzene rings is 1. The summed E-state index contributed by atoms with van der Waals surface area (Å²) in [7, 11) is 1.55. The molecule has 0 fully saturated rings. The lowest BCUT2D eigenvalue weighted by Crippen LogP contribution is -2.23. The van der Waals surface area contributed by atoms with E-state index in [-0.39, 0.29) is 0 Å². The smallest absolute Gasteiger partial charge is 0.125 e. The van der Waals surface area contributed by atoms with Gasteiger partial charge in [-0.2, -0.15) is 0 Å². The number of aliphatic hydroxyl groups is 1. The highest BCUT2D eigenvalue weighted by Gasteiger charge is 2.16. The first-order valence-electron chi connectivity index (χ1n) is 4.33. The van der Waals surface area contributed by atoms with Crippen LogP contribution < -0.4 is 10.5 Å². The van der Waals surface area contributed by atoms with E-state index in [0.717, 1.165) is 5.56 Å². The van der Waals surface area contributed by atoms with Crippen LogP contribution in [0.2, 0.25) is 5.02 Å². The molecule has 2 atom stereocenters. The number of hydrogen-bond donors (Lipinski definition) is 2. The number of halogens is 1. The second kappa shape index (κ2) is 4.64. The predicted molar refractivity (Wildman–Crippen MR) is 56.6 cm³/mol. The van der Waals surface area contributed by atoms with E-state index in [1.54, 1.807) is 32.2 Å². The third-order valence-electron chi connectivity index (χ3n) is 2.07. The van der Waals surface area contributed by atoms with Crippen molar-refractivity contribution in [3.05, 3.63) is 28.8 Å². The average molecular weight is 216 g/mol. The van der Waals surface area contributed by atoms with Gasteiger partial charge in [-0.25, -0.2) is 0 Å². The summed E-state index contributed by atoms with van der Waals surface area (Å²) >= 11 is 5.80. The number of rotatable bonds is 3. The van der Waals surface area contributed by atoms with Crippen LogP contribution in [0.4, 0.5) is 0 Å². The van der Waals surface area contributed by atoms with E-state index in [1.807, 2.05) is 0 Å². The molecule has 1 aromatic rings. The lowest BCUT2D eigenvalue weighted by molar-refractivity contribution is 0.162. The molecular formula is C10H14ClNO2. The van der Waals surface area contributed by atoms with Crippen LogP contribution in [0.15, 0.2) is 18.2 Å². The fraction of sp³-hybridized carbons (Fsp3) is 0.400. The molecule has 3 nitrogen and oxygen atoms in total. The first-order chi connectivity index (χ1) is 6.56. The lowest BCUT2D eigenvalue weighted by atomic mass is 10.0. The Morgan fingerprint density at radius 3 is 2.64 bits per heavy atom. The standard InChI is InChI=1S/C10H14ClNO2/c1-6(13)10(12)8-4-3-7(11)5-9(8)14-2/h3-6,10,13H,12H2,1-2H3/t6-,10+/m1/s1. The van der Waals surface area contributed by atoms with Crippen LogP contribution >= 0.6 is 11.6 Å². The quantitative estimate of drug-likeness (QED) is 0.808. The molecule has 0 saturated heterocycles. The highest BCUT2D eigenvalue weighted by molar-refractivity contribution is 6.30. The number of aliphatic hydroxyl groups excluding tert-OH is 1. The molecule has 0 radical (unpaired) electrons. The number of ether oxygens (including phenoxy) is 1. The first kappa shape index (κ1) is 11.3. The number of nitrogens with two attached hydrogens (primary N) is 1. The minimum Gasteiger partial charge on any atom is -0.496 e. The molecule has 0 bridgehead atoms. The van der Waals surface area contributed by atoms with Crippen LogP contribution in [0.3, 0.4) is 0 Å². The van der Waals surface area contributed by atoms with Gasteiger partial charge in [0.05, 0.1) is 19.3 Å². The van der Waals surface area contributed by atoms with Gasteiger partial charge in [0.25, 0.3) is 0 Å². The molecule has 0 saturated carbocycles. The Morgan fingerprint density at radius 2 is 2.14 bits per heavy atom. The Morgan fingerprint density at radius 1 is 1.50 bits per heavy atom. The molecule has 4 heteroatoms. The SMILES string of the molecule is COc1cc(Cl)ccc1[C@@H](N)[C@@H](C)O. The van der Waals surface area contributed by atoms with Gasteiger partial charge < -0.3 is 15.6 Å². The highest BCUT2D eigenvalue weighted by Crippen LogP contribution is 2.28. The number of hydrogen-bond acceptors (Lipinski definition) is 3. The molecule has 78 valence electrons. The maximum absolute atomic E-state index is 9.35. The van der Waals surface area contributed by atoms with Crippen molar-refractivity contribution in [2.75, 3.05) is 7.11 Å². The zero-order chi connectivity index (χ0) is 10.7. The van der Waals surface area contributed by atoms with Crippen molar-refractivity contribution in [1.29, 1.82) is 0 Å². The Kier molecular flexibility index (Phi) is 3.75. The van der Waals surface area contributed by atoms with Crippen molar-refractivity contribution in [3.8, 4) is 5.75 Å². The van der Waals surface area contributed by atoms with Crippen LogP contribution in [-0.2, 0) is 0 Å². The summed E-state index contributed by atoms with van der Waals surface area (Å²) in [5.74, 6) is 0.603. The molecule has 0 aliphatic carbocycles. The first-order valence-corrected chi connectivity index (χ1v) is 4.71. The van der Waals surface area contributed by atoms with E-state index < -0.39 is 12.1 Å². The maximum Gasteiger partial charge on any atom is 0.125 e. The van der Waals surface area contributed by atoms with Crippen molar-refractivity contribution in [3.63, 3.8) is 0 Å². The fourth-order valence-corrected chi connectivity index (χ4v) is 1.38. The monoisotopic (exact) mass is 215 g/mol. The Balaban J connectivity index is 3.07. The highest BCUT2D eigenvalue weighted by atomic mass is 35.5. The van der Waals surface area contributed by atoms with Gasteiger partial charge in [0.1, 0.15) is 5.75 Å². The van der Waals surface area contributed by atoms with Gasteiger partial charge in [-0.1, -0.05) is 17.7 Å². The van der Waals surface area contributed by atoms with Crippen molar-refractivity contribution < 1.29 is 9.84 Å². The van der Waals surface area contributed by atoms with E-state index in [1.165, 1.54) is 0 Å². The molecule has 1 aromatic carbocycles. The Hall–Kier alpha value is -0.770. The van der Waals surface area contributed by atoms with Gasteiger partial charge in [0, 0.05) is 10.6 Å².